The van der Waals surface area contributed by atoms with Crippen LogP contribution < -0.4 is 0 Å². The summed E-state index contributed by atoms with van der Waals surface area (Å²) >= 11 is 0. The van der Waals surface area contributed by atoms with Crippen molar-refractivity contribution in [1.82, 2.24) is 0 Å². The van der Waals surface area contributed by atoms with Gasteiger partial charge in [-0.25, -0.2) is 13.2 Å². The number of benzene rings is 2. The van der Waals surface area contributed by atoms with E-state index in [1.165, 1.54) is 103 Å². The molecule has 10 heteroatoms. The number of nitrogens with zero attached hydrogens (tertiary/aromatic N) is 2. The highest BCUT2D eigenvalue weighted by Gasteiger charge is 2.16. The summed E-state index contributed by atoms with van der Waals surface area (Å²) in [6.07, 6.45) is 22.5. The molecule has 0 saturated heterocycles. The lowest BCUT2D eigenvalue weighted by Gasteiger charge is -2.29. The van der Waals surface area contributed by atoms with E-state index < -0.39 is 25.6 Å². The van der Waals surface area contributed by atoms with Crippen molar-refractivity contribution in [2.45, 2.75) is 115 Å². The largest absolute Gasteiger partial charge is 0.744 e. The monoisotopic (exact) mass is 648 g/mol. The number of nitro benzene ring substituents is 1. The van der Waals surface area contributed by atoms with E-state index in [2.05, 4.69) is 21.0 Å². The molecule has 0 spiro atoms. The fraction of sp³-hybridized carbons (Fsp3) is 0.629. The summed E-state index contributed by atoms with van der Waals surface area (Å²) in [4.78, 5) is 20.8. The highest BCUT2D eigenvalue weighted by atomic mass is 32.2. The minimum Gasteiger partial charge on any atom is -0.744 e. The number of carbonyl (C=O) groups is 1. The minimum absolute atomic E-state index is 0.215. The SMILES string of the molecule is CCCCCCCCCCCCCCCCCC[N+](C)(C)CCOC(=O)c1ccccc1.O=[N+]([O-])c1cccc(S(=O)(=O)[O-])c1. The maximum atomic E-state index is 12.0. The lowest BCUT2D eigenvalue weighted by atomic mass is 10.0. The third-order valence-corrected chi connectivity index (χ3v) is 8.70. The van der Waals surface area contributed by atoms with Crippen LogP contribution in [0.15, 0.2) is 59.5 Å². The molecule has 2 rings (SSSR count). The van der Waals surface area contributed by atoms with Crippen LogP contribution in [0.2, 0.25) is 0 Å². The maximum Gasteiger partial charge on any atom is 0.338 e. The van der Waals surface area contributed by atoms with Crippen LogP contribution in [0.25, 0.3) is 0 Å². The molecular formula is C35H56N2O7S. The molecule has 0 amide bonds. The minimum atomic E-state index is -4.61. The fourth-order valence-electron chi connectivity index (χ4n) is 5.00. The standard InChI is InChI=1S/C29H52NO2.C6H5NO5S/c1-4-5-6-7-8-9-10-11-12-13-14-15-16-17-18-22-25-30(2,3)26-27-32-29(31)28-23-20-19-21-24-28;8-7(9)5-2-1-3-6(4-5)13(10,11)12/h19-21,23-24H,4-18,22,25-27H2,1-3H3;1-4H,(H,10,11,12)/q+1;/p-1. The number of nitro groups is 1. The molecule has 0 radical (unpaired) electrons. The molecule has 0 atom stereocenters. The highest BCUT2D eigenvalue weighted by Crippen LogP contribution is 2.17. The molecule has 0 heterocycles. The molecule has 9 nitrogen and oxygen atoms in total. The molecule has 254 valence electrons. The molecule has 2 aromatic rings. The van der Waals surface area contributed by atoms with E-state index in [0.29, 0.717) is 12.2 Å². The van der Waals surface area contributed by atoms with Gasteiger partial charge in [-0.1, -0.05) is 121 Å². The Labute approximate surface area is 271 Å². The van der Waals surface area contributed by atoms with Crippen molar-refractivity contribution in [1.29, 1.82) is 0 Å². The number of esters is 1. The van der Waals surface area contributed by atoms with Gasteiger partial charge in [0.15, 0.2) is 0 Å². The molecule has 0 N–H and O–H groups in total. The summed E-state index contributed by atoms with van der Waals surface area (Å²) in [6, 6.07) is 13.2. The smallest absolute Gasteiger partial charge is 0.338 e. The molecule has 0 aromatic heterocycles. The summed E-state index contributed by atoms with van der Waals surface area (Å²) < 4.78 is 37.6. The van der Waals surface area contributed by atoms with Gasteiger partial charge in [0.05, 0.1) is 36.0 Å². The van der Waals surface area contributed by atoms with Crippen LogP contribution in [0.3, 0.4) is 0 Å². The van der Waals surface area contributed by atoms with Gasteiger partial charge in [0.25, 0.3) is 5.69 Å². The Bertz CT molecular complexity index is 1190. The maximum absolute atomic E-state index is 12.0. The molecule has 0 aliphatic rings. The van der Waals surface area contributed by atoms with E-state index in [-0.39, 0.29) is 5.97 Å². The Morgan fingerprint density at radius 3 is 1.69 bits per heavy atom. The number of non-ortho nitro benzene ring substituents is 1. The Morgan fingerprint density at radius 1 is 0.733 bits per heavy atom. The first-order valence-electron chi connectivity index (χ1n) is 16.7. The molecule has 0 saturated carbocycles. The van der Waals surface area contributed by atoms with Crippen molar-refractivity contribution in [2.75, 3.05) is 33.8 Å². The second-order valence-corrected chi connectivity index (χ2v) is 13.8. The molecule has 0 aliphatic heterocycles. The summed E-state index contributed by atoms with van der Waals surface area (Å²) in [5, 5.41) is 10.2. The molecule has 0 unspecified atom stereocenters. The Morgan fingerprint density at radius 2 is 1.22 bits per heavy atom. The zero-order valence-electron chi connectivity index (χ0n) is 27.8. The van der Waals surface area contributed by atoms with Gasteiger partial charge in [-0.2, -0.15) is 0 Å². The molecule has 2 aromatic carbocycles. The van der Waals surface area contributed by atoms with Gasteiger partial charge < -0.3 is 13.8 Å². The number of hydrogen-bond donors (Lipinski definition) is 0. The number of unbranched alkanes of at least 4 members (excludes halogenated alkanes) is 15. The average molecular weight is 649 g/mol. The number of rotatable bonds is 23. The fourth-order valence-corrected chi connectivity index (χ4v) is 5.51. The van der Waals surface area contributed by atoms with Gasteiger partial charge in [0, 0.05) is 12.1 Å². The van der Waals surface area contributed by atoms with Crippen LogP contribution in [-0.4, -0.2) is 62.1 Å². The average Bonchev–Trinajstić information content (AvgIpc) is 3.01. The molecule has 0 aliphatic carbocycles. The first-order chi connectivity index (χ1) is 21.5. The van der Waals surface area contributed by atoms with Crippen molar-refractivity contribution in [3.63, 3.8) is 0 Å². The van der Waals surface area contributed by atoms with Gasteiger partial charge in [-0.05, 0) is 31.0 Å². The van der Waals surface area contributed by atoms with E-state index in [4.69, 9.17) is 4.74 Å². The number of ether oxygens (including phenoxy) is 1. The summed E-state index contributed by atoms with van der Waals surface area (Å²) in [5.74, 6) is -0.215. The second-order valence-electron chi connectivity index (χ2n) is 12.4. The Hall–Kier alpha value is -2.82. The van der Waals surface area contributed by atoms with Crippen LogP contribution >= 0.6 is 0 Å². The zero-order chi connectivity index (χ0) is 33.4. The lowest BCUT2D eigenvalue weighted by molar-refractivity contribution is -0.890. The predicted octanol–water partition coefficient (Wildman–Crippen LogP) is 8.68. The number of likely N-dealkylation sites (N-methyl/N-ethyl adjacent to an activating group) is 1. The zero-order valence-corrected chi connectivity index (χ0v) is 28.6. The van der Waals surface area contributed by atoms with Crippen LogP contribution in [0, 0.1) is 10.1 Å². The van der Waals surface area contributed by atoms with Gasteiger partial charge in [0.1, 0.15) is 23.3 Å². The van der Waals surface area contributed by atoms with Gasteiger partial charge in [-0.15, -0.1) is 0 Å². The predicted molar refractivity (Wildman–Crippen MR) is 179 cm³/mol. The third-order valence-electron chi connectivity index (χ3n) is 7.87. The molecule has 0 fully saturated rings. The van der Waals surface area contributed by atoms with Crippen LogP contribution in [-0.2, 0) is 14.9 Å². The number of hydrogen-bond acceptors (Lipinski definition) is 7. The number of carbonyl (C=O) groups excluding carboxylic acids is 1. The summed E-state index contributed by atoms with van der Waals surface area (Å²) in [5.41, 5.74) is 0.215. The van der Waals surface area contributed by atoms with E-state index in [0.717, 1.165) is 41.8 Å². The normalized spacial score (nSPS) is 11.5. The first kappa shape index (κ1) is 40.2. The van der Waals surface area contributed by atoms with Gasteiger partial charge in [-0.3, -0.25) is 10.1 Å². The van der Waals surface area contributed by atoms with Crippen LogP contribution in [0.4, 0.5) is 5.69 Å². The van der Waals surface area contributed by atoms with Crippen LogP contribution in [0.5, 0.6) is 0 Å². The quantitative estimate of drug-likeness (QED) is 0.0295. The van der Waals surface area contributed by atoms with Crippen molar-refractivity contribution in [2.24, 2.45) is 0 Å². The lowest BCUT2D eigenvalue weighted by Crippen LogP contribution is -2.43. The van der Waals surface area contributed by atoms with Crippen molar-refractivity contribution in [3.8, 4) is 0 Å². The van der Waals surface area contributed by atoms with E-state index >= 15 is 0 Å². The Balaban J connectivity index is 0.000000645. The molecular weight excluding hydrogens is 592 g/mol. The van der Waals surface area contributed by atoms with Crippen molar-refractivity contribution >= 4 is 21.8 Å². The van der Waals surface area contributed by atoms with Gasteiger partial charge in [0.2, 0.25) is 0 Å². The summed E-state index contributed by atoms with van der Waals surface area (Å²) in [7, 11) is -0.138. The Kier molecular flexibility index (Phi) is 21.0. The van der Waals surface area contributed by atoms with Crippen molar-refractivity contribution in [3.05, 3.63) is 70.3 Å². The van der Waals surface area contributed by atoms with E-state index in [1.54, 1.807) is 12.1 Å². The van der Waals surface area contributed by atoms with Crippen LogP contribution in [0.1, 0.15) is 120 Å². The molecule has 45 heavy (non-hydrogen) atoms. The van der Waals surface area contributed by atoms with E-state index in [9.17, 15) is 27.9 Å². The van der Waals surface area contributed by atoms with E-state index in [1.807, 2.05) is 18.2 Å². The second kappa shape index (κ2) is 23.5. The van der Waals surface area contributed by atoms with Gasteiger partial charge >= 0.3 is 5.97 Å². The first-order valence-corrected chi connectivity index (χ1v) is 18.1. The summed E-state index contributed by atoms with van der Waals surface area (Å²) in [6.45, 7) is 4.80. The molecule has 0 bridgehead atoms. The number of quaternary nitrogens is 1. The topological polar surface area (TPSA) is 127 Å². The third kappa shape index (κ3) is 20.8. The van der Waals surface area contributed by atoms with Crippen molar-refractivity contribution < 1.29 is 31.9 Å². The highest BCUT2D eigenvalue weighted by molar-refractivity contribution is 7.85.